The van der Waals surface area contributed by atoms with Crippen LogP contribution in [0.2, 0.25) is 5.02 Å². The number of methoxy groups -OCH3 is 1. The van der Waals surface area contributed by atoms with Gasteiger partial charge in [-0.1, -0.05) is 41.9 Å². The third-order valence-corrected chi connectivity index (χ3v) is 5.02. The van der Waals surface area contributed by atoms with E-state index >= 15 is 0 Å². The molecule has 0 saturated heterocycles. The van der Waals surface area contributed by atoms with Crippen molar-refractivity contribution in [2.75, 3.05) is 12.9 Å². The van der Waals surface area contributed by atoms with Gasteiger partial charge in [-0.15, -0.1) is 0 Å². The van der Waals surface area contributed by atoms with E-state index in [9.17, 15) is 13.5 Å². The van der Waals surface area contributed by atoms with Crippen LogP contribution in [0, 0.1) is 0 Å². The van der Waals surface area contributed by atoms with Gasteiger partial charge in [0.25, 0.3) is 0 Å². The van der Waals surface area contributed by atoms with Crippen LogP contribution in [0.5, 0.6) is 5.75 Å². The lowest BCUT2D eigenvalue weighted by atomic mass is 10.1. The first kappa shape index (κ1) is 16.8. The van der Waals surface area contributed by atoms with Crippen molar-refractivity contribution in [3.05, 3.63) is 64.7 Å². The van der Waals surface area contributed by atoms with Crippen LogP contribution in [0.25, 0.3) is 0 Å². The minimum atomic E-state index is -3.52. The first-order valence-electron chi connectivity index (χ1n) is 6.67. The molecule has 0 aliphatic heterocycles. The summed E-state index contributed by atoms with van der Waals surface area (Å²) in [6.45, 7) is 0. The van der Waals surface area contributed by atoms with Gasteiger partial charge in [-0.05, 0) is 23.8 Å². The zero-order valence-corrected chi connectivity index (χ0v) is 13.6. The lowest BCUT2D eigenvalue weighted by Gasteiger charge is -2.13. The Morgan fingerprint density at radius 1 is 1.18 bits per heavy atom. The Morgan fingerprint density at radius 3 is 2.50 bits per heavy atom. The summed E-state index contributed by atoms with van der Waals surface area (Å²) in [5.74, 6) is -0.130. The van der Waals surface area contributed by atoms with Gasteiger partial charge in [-0.25, -0.2) is 8.42 Å². The Kier molecular flexibility index (Phi) is 5.45. The molecule has 2 rings (SSSR count). The number of rotatable bonds is 6. The SMILES string of the molecule is COc1ccc(Cl)cc1CS(=O)(=O)CC(O)c1ccccc1. The smallest absolute Gasteiger partial charge is 0.157 e. The summed E-state index contributed by atoms with van der Waals surface area (Å²) >= 11 is 5.90. The average molecular weight is 341 g/mol. The van der Waals surface area contributed by atoms with E-state index in [-0.39, 0.29) is 11.5 Å². The molecule has 4 nitrogen and oxygen atoms in total. The molecule has 0 fully saturated rings. The van der Waals surface area contributed by atoms with Gasteiger partial charge >= 0.3 is 0 Å². The van der Waals surface area contributed by atoms with Crippen molar-refractivity contribution < 1.29 is 18.3 Å². The van der Waals surface area contributed by atoms with Crippen molar-refractivity contribution in [3.8, 4) is 5.75 Å². The van der Waals surface area contributed by atoms with Gasteiger partial charge < -0.3 is 9.84 Å². The highest BCUT2D eigenvalue weighted by Crippen LogP contribution is 2.26. The van der Waals surface area contributed by atoms with E-state index in [1.165, 1.54) is 7.11 Å². The second-order valence-corrected chi connectivity index (χ2v) is 7.48. The van der Waals surface area contributed by atoms with Crippen LogP contribution in [0.4, 0.5) is 0 Å². The van der Waals surface area contributed by atoms with Gasteiger partial charge in [-0.2, -0.15) is 0 Å². The minimum absolute atomic E-state index is 0.235. The van der Waals surface area contributed by atoms with E-state index in [1.807, 2.05) is 6.07 Å². The molecule has 0 aliphatic rings. The average Bonchev–Trinajstić information content (AvgIpc) is 2.47. The van der Waals surface area contributed by atoms with E-state index in [1.54, 1.807) is 42.5 Å². The van der Waals surface area contributed by atoms with Crippen LogP contribution < -0.4 is 4.74 Å². The summed E-state index contributed by atoms with van der Waals surface area (Å²) in [7, 11) is -2.05. The number of aliphatic hydroxyl groups is 1. The molecule has 0 aromatic heterocycles. The molecule has 2 aromatic rings. The Balaban J connectivity index is 2.16. The molecule has 1 unspecified atom stereocenters. The van der Waals surface area contributed by atoms with Gasteiger partial charge in [0.15, 0.2) is 9.84 Å². The van der Waals surface area contributed by atoms with Gasteiger partial charge in [0.1, 0.15) is 5.75 Å². The maximum Gasteiger partial charge on any atom is 0.157 e. The van der Waals surface area contributed by atoms with Crippen molar-refractivity contribution >= 4 is 21.4 Å². The van der Waals surface area contributed by atoms with Crippen LogP contribution in [0.1, 0.15) is 17.2 Å². The maximum absolute atomic E-state index is 12.3. The van der Waals surface area contributed by atoms with E-state index in [2.05, 4.69) is 0 Å². The Morgan fingerprint density at radius 2 is 1.86 bits per heavy atom. The molecule has 0 heterocycles. The second-order valence-electron chi connectivity index (χ2n) is 4.94. The standard InChI is InChI=1S/C16H17ClO4S/c1-21-16-8-7-14(17)9-13(16)10-22(19,20)11-15(18)12-5-3-2-4-6-12/h2-9,15,18H,10-11H2,1H3. The predicted molar refractivity (Wildman–Crippen MR) is 86.9 cm³/mol. The van der Waals surface area contributed by atoms with Crippen molar-refractivity contribution in [3.63, 3.8) is 0 Å². The third-order valence-electron chi connectivity index (χ3n) is 3.21. The zero-order chi connectivity index (χ0) is 16.2. The fourth-order valence-electron chi connectivity index (χ4n) is 2.17. The molecule has 1 N–H and O–H groups in total. The first-order chi connectivity index (χ1) is 10.4. The highest BCUT2D eigenvalue weighted by Gasteiger charge is 2.21. The fourth-order valence-corrected chi connectivity index (χ4v) is 3.85. The number of sulfone groups is 1. The van der Waals surface area contributed by atoms with Crippen LogP contribution >= 0.6 is 11.6 Å². The molecule has 2 aromatic carbocycles. The highest BCUT2D eigenvalue weighted by molar-refractivity contribution is 7.90. The Bertz CT molecular complexity index is 729. The summed E-state index contributed by atoms with van der Waals surface area (Å²) < 4.78 is 29.8. The molecule has 0 amide bonds. The van der Waals surface area contributed by atoms with Gasteiger partial charge in [0, 0.05) is 10.6 Å². The zero-order valence-electron chi connectivity index (χ0n) is 12.1. The van der Waals surface area contributed by atoms with E-state index in [0.717, 1.165) is 0 Å². The normalized spacial score (nSPS) is 12.9. The molecule has 0 aliphatic carbocycles. The second kappa shape index (κ2) is 7.13. The monoisotopic (exact) mass is 340 g/mol. The van der Waals surface area contributed by atoms with Crippen molar-refractivity contribution in [1.82, 2.24) is 0 Å². The number of hydrogen-bond donors (Lipinski definition) is 1. The lowest BCUT2D eigenvalue weighted by molar-refractivity contribution is 0.201. The molecule has 0 radical (unpaired) electrons. The largest absolute Gasteiger partial charge is 0.496 e. The van der Waals surface area contributed by atoms with E-state index in [4.69, 9.17) is 16.3 Å². The first-order valence-corrected chi connectivity index (χ1v) is 8.87. The van der Waals surface area contributed by atoms with Crippen LogP contribution in [-0.2, 0) is 15.6 Å². The fraction of sp³-hybridized carbons (Fsp3) is 0.250. The number of halogens is 1. The van der Waals surface area contributed by atoms with Crippen LogP contribution in [0.15, 0.2) is 48.5 Å². The summed E-state index contributed by atoms with van der Waals surface area (Å²) in [4.78, 5) is 0. The molecule has 0 saturated carbocycles. The molecule has 22 heavy (non-hydrogen) atoms. The number of hydrogen-bond acceptors (Lipinski definition) is 4. The molecule has 6 heteroatoms. The molecular formula is C16H17ClO4S. The molecular weight excluding hydrogens is 324 g/mol. The maximum atomic E-state index is 12.3. The molecule has 1 atom stereocenters. The number of benzene rings is 2. The highest BCUT2D eigenvalue weighted by atomic mass is 35.5. The van der Waals surface area contributed by atoms with E-state index in [0.29, 0.717) is 21.9 Å². The third kappa shape index (κ3) is 4.47. The van der Waals surface area contributed by atoms with Gasteiger partial charge in [-0.3, -0.25) is 0 Å². The van der Waals surface area contributed by atoms with Crippen LogP contribution in [-0.4, -0.2) is 26.4 Å². The van der Waals surface area contributed by atoms with Crippen molar-refractivity contribution in [1.29, 1.82) is 0 Å². The number of aliphatic hydroxyl groups excluding tert-OH is 1. The summed E-state index contributed by atoms with van der Waals surface area (Å²) in [5.41, 5.74) is 1.05. The minimum Gasteiger partial charge on any atom is -0.496 e. The predicted octanol–water partition coefficient (Wildman–Crippen LogP) is 3.00. The topological polar surface area (TPSA) is 63.6 Å². The Hall–Kier alpha value is -1.56. The molecule has 0 bridgehead atoms. The summed E-state index contributed by atoms with van der Waals surface area (Å²) in [5, 5.41) is 10.5. The van der Waals surface area contributed by atoms with Crippen molar-refractivity contribution in [2.24, 2.45) is 0 Å². The molecule has 118 valence electrons. The van der Waals surface area contributed by atoms with Gasteiger partial charge in [0.05, 0.1) is 24.7 Å². The molecule has 0 spiro atoms. The Labute approximate surface area is 135 Å². The summed E-state index contributed by atoms with van der Waals surface area (Å²) in [6, 6.07) is 13.5. The van der Waals surface area contributed by atoms with Gasteiger partial charge in [0.2, 0.25) is 0 Å². The number of ether oxygens (including phenoxy) is 1. The van der Waals surface area contributed by atoms with E-state index < -0.39 is 15.9 Å². The van der Waals surface area contributed by atoms with Crippen LogP contribution in [0.3, 0.4) is 0 Å². The quantitative estimate of drug-likeness (QED) is 0.878. The van der Waals surface area contributed by atoms with Crippen molar-refractivity contribution in [2.45, 2.75) is 11.9 Å². The summed E-state index contributed by atoms with van der Waals surface area (Å²) in [6.07, 6.45) is -1.06. The lowest BCUT2D eigenvalue weighted by Crippen LogP contribution is -2.16.